The highest BCUT2D eigenvalue weighted by Gasteiger charge is 2.23. The van der Waals surface area contributed by atoms with Crippen molar-refractivity contribution in [3.05, 3.63) is 158 Å². The summed E-state index contributed by atoms with van der Waals surface area (Å²) in [5.41, 5.74) is 7.82. The molecule has 48 heavy (non-hydrogen) atoms. The molecule has 0 saturated heterocycles. The number of hydrogen-bond acceptors (Lipinski definition) is 1. The summed E-state index contributed by atoms with van der Waals surface area (Å²) in [4.78, 5) is 0. The fourth-order valence-corrected chi connectivity index (χ4v) is 7.17. The molecule has 7 aromatic carbocycles. The maximum absolute atomic E-state index is 9.33. The average molecular weight is 616 g/mol. The minimum atomic E-state index is 0.883. The molecule has 0 aliphatic rings. The molecule has 0 amide bonds. The van der Waals surface area contributed by atoms with Crippen LogP contribution in [-0.4, -0.2) is 9.13 Å². The smallest absolute Gasteiger partial charge is 0.152 e. The summed E-state index contributed by atoms with van der Waals surface area (Å²) in [5.74, 6) is 5.83. The molecule has 9 rings (SSSR count). The Hall–Kier alpha value is -6.55. The molecule has 3 nitrogen and oxygen atoms in total. The molecule has 0 fully saturated rings. The number of nitrogens with zero attached hydrogens (tertiary/aromatic N) is 3. The van der Waals surface area contributed by atoms with Gasteiger partial charge in [-0.3, -0.25) is 0 Å². The summed E-state index contributed by atoms with van der Waals surface area (Å²) in [6, 6.07) is 51.5. The first-order valence-electron chi connectivity index (χ1n) is 16.2. The normalized spacial score (nSPS) is 10.7. The molecule has 0 unspecified atom stereocenters. The Kier molecular flexibility index (Phi) is 7.96. The van der Waals surface area contributed by atoms with Crippen molar-refractivity contribution in [2.75, 3.05) is 0 Å². The fourth-order valence-electron chi connectivity index (χ4n) is 7.17. The van der Waals surface area contributed by atoms with Gasteiger partial charge in [-0.05, 0) is 36.3 Å². The van der Waals surface area contributed by atoms with Gasteiger partial charge in [0.15, 0.2) is 6.07 Å². The number of aromatic nitrogens is 2. The standard InChI is InChI=1S/C41H23N3.C2H6.C2H4/c42-26-12-21-28-29-15-4-6-18-32(29)40(33-19-7-5-16-30(28)33)44-37-23-11-9-20-35(37)39-38(44)25-24-34-31-17-8-10-22-36(31)43(41(34)39)27-13-2-1-3-14-27;2*1-2/h1-11,13-20,22-25H;1-2H3;1-2H2. The second-order valence-electron chi connectivity index (χ2n) is 11.1. The predicted molar refractivity (Wildman–Crippen MR) is 205 cm³/mol. The van der Waals surface area contributed by atoms with Gasteiger partial charge >= 0.3 is 0 Å². The molecule has 0 N–H and O–H groups in total. The van der Waals surface area contributed by atoms with Gasteiger partial charge in [-0.15, -0.1) is 13.2 Å². The second kappa shape index (κ2) is 12.7. The molecular weight excluding hydrogens is 583 g/mol. The monoisotopic (exact) mass is 615 g/mol. The van der Waals surface area contributed by atoms with Gasteiger partial charge in [0.25, 0.3) is 0 Å². The Bertz CT molecular complexity index is 2690. The second-order valence-corrected chi connectivity index (χ2v) is 11.1. The van der Waals surface area contributed by atoms with E-state index in [1.165, 1.54) is 32.6 Å². The van der Waals surface area contributed by atoms with Gasteiger partial charge < -0.3 is 9.13 Å². The van der Waals surface area contributed by atoms with E-state index in [4.69, 9.17) is 0 Å². The topological polar surface area (TPSA) is 33.6 Å². The van der Waals surface area contributed by atoms with E-state index < -0.39 is 0 Å². The molecule has 0 atom stereocenters. The Balaban J connectivity index is 0.000000880. The van der Waals surface area contributed by atoms with E-state index in [1.807, 2.05) is 32.0 Å². The van der Waals surface area contributed by atoms with Gasteiger partial charge in [0, 0.05) is 60.3 Å². The molecule has 0 aliphatic heterocycles. The molecule has 2 heterocycles. The van der Waals surface area contributed by atoms with E-state index in [9.17, 15) is 5.26 Å². The van der Waals surface area contributed by atoms with E-state index >= 15 is 0 Å². The van der Waals surface area contributed by atoms with Crippen molar-refractivity contribution in [2.24, 2.45) is 0 Å². The molecule has 228 valence electrons. The highest BCUT2D eigenvalue weighted by atomic mass is 15.0. The van der Waals surface area contributed by atoms with Crippen molar-refractivity contribution in [1.29, 1.82) is 5.26 Å². The number of fused-ring (bicyclic) bond motifs is 9. The molecule has 0 spiro atoms. The lowest BCUT2D eigenvalue weighted by molar-refractivity contribution is 1.18. The number of benzene rings is 7. The quantitative estimate of drug-likeness (QED) is 0.108. The Morgan fingerprint density at radius 3 is 1.58 bits per heavy atom. The minimum absolute atomic E-state index is 0.883. The highest BCUT2D eigenvalue weighted by Crippen LogP contribution is 2.44. The van der Waals surface area contributed by atoms with E-state index in [2.05, 4.69) is 162 Å². The van der Waals surface area contributed by atoms with E-state index in [0.717, 1.165) is 49.5 Å². The van der Waals surface area contributed by atoms with Crippen LogP contribution in [0, 0.1) is 23.2 Å². The van der Waals surface area contributed by atoms with Crippen LogP contribution >= 0.6 is 0 Å². The molecular formula is C45H33N3. The van der Waals surface area contributed by atoms with Gasteiger partial charge in [-0.1, -0.05) is 123 Å². The Morgan fingerprint density at radius 2 is 0.979 bits per heavy atom. The summed E-state index contributed by atoms with van der Waals surface area (Å²) in [6.45, 7) is 10.0. The van der Waals surface area contributed by atoms with Crippen molar-refractivity contribution < 1.29 is 0 Å². The third kappa shape index (κ3) is 4.45. The zero-order valence-corrected chi connectivity index (χ0v) is 27.0. The maximum Gasteiger partial charge on any atom is 0.152 e. The number of nitriles is 1. The Morgan fingerprint density at radius 1 is 0.479 bits per heavy atom. The molecule has 2 aromatic heterocycles. The van der Waals surface area contributed by atoms with Gasteiger partial charge in [-0.25, -0.2) is 0 Å². The lowest BCUT2D eigenvalue weighted by Gasteiger charge is -2.17. The third-order valence-electron chi connectivity index (χ3n) is 8.85. The van der Waals surface area contributed by atoms with Crippen molar-refractivity contribution >= 4 is 65.2 Å². The van der Waals surface area contributed by atoms with Crippen LogP contribution in [0.15, 0.2) is 153 Å². The van der Waals surface area contributed by atoms with Crippen molar-refractivity contribution in [1.82, 2.24) is 9.13 Å². The highest BCUT2D eigenvalue weighted by molar-refractivity contribution is 6.27. The molecule has 0 saturated carbocycles. The van der Waals surface area contributed by atoms with Gasteiger partial charge in [0.2, 0.25) is 0 Å². The molecule has 3 heteroatoms. The SMILES string of the molecule is C=C.CC.N#CC#Cc1c2ccccc2c(-n2c3ccccc3c3c2ccc2c4ccccc4n(-c4ccccc4)c23)c2ccccc12. The molecule has 0 bridgehead atoms. The molecule has 0 aliphatic carbocycles. The predicted octanol–water partition coefficient (Wildman–Crippen LogP) is 11.9. The lowest BCUT2D eigenvalue weighted by Crippen LogP contribution is -1.99. The molecule has 9 aromatic rings. The van der Waals surface area contributed by atoms with Crippen LogP contribution in [0.3, 0.4) is 0 Å². The van der Waals surface area contributed by atoms with Gasteiger partial charge in [0.05, 0.1) is 27.8 Å². The average Bonchev–Trinajstić information content (AvgIpc) is 3.68. The van der Waals surface area contributed by atoms with Crippen LogP contribution in [0.5, 0.6) is 0 Å². The van der Waals surface area contributed by atoms with Gasteiger partial charge in [-0.2, -0.15) is 5.26 Å². The molecule has 0 radical (unpaired) electrons. The minimum Gasteiger partial charge on any atom is -0.309 e. The lowest BCUT2D eigenvalue weighted by atomic mass is 9.94. The first kappa shape index (κ1) is 30.1. The maximum atomic E-state index is 9.33. The summed E-state index contributed by atoms with van der Waals surface area (Å²) < 4.78 is 4.85. The van der Waals surface area contributed by atoms with Crippen molar-refractivity contribution in [3.8, 4) is 29.3 Å². The van der Waals surface area contributed by atoms with Crippen LogP contribution < -0.4 is 0 Å². The fraction of sp³-hybridized carbons (Fsp3) is 0.0444. The summed E-state index contributed by atoms with van der Waals surface area (Å²) in [7, 11) is 0. The summed E-state index contributed by atoms with van der Waals surface area (Å²) >= 11 is 0. The van der Waals surface area contributed by atoms with E-state index in [1.54, 1.807) is 0 Å². The summed E-state index contributed by atoms with van der Waals surface area (Å²) in [5, 5.41) is 18.5. The van der Waals surface area contributed by atoms with E-state index in [-0.39, 0.29) is 0 Å². The van der Waals surface area contributed by atoms with Crippen LogP contribution in [0.2, 0.25) is 0 Å². The number of hydrogen-bond donors (Lipinski definition) is 0. The van der Waals surface area contributed by atoms with Crippen molar-refractivity contribution in [3.63, 3.8) is 0 Å². The largest absolute Gasteiger partial charge is 0.309 e. The van der Waals surface area contributed by atoms with Crippen LogP contribution in [-0.2, 0) is 0 Å². The van der Waals surface area contributed by atoms with Crippen LogP contribution in [0.25, 0.3) is 76.5 Å². The van der Waals surface area contributed by atoms with Crippen molar-refractivity contribution in [2.45, 2.75) is 13.8 Å². The van der Waals surface area contributed by atoms with Crippen LogP contribution in [0.4, 0.5) is 0 Å². The zero-order chi connectivity index (χ0) is 33.2. The summed E-state index contributed by atoms with van der Waals surface area (Å²) in [6.07, 6.45) is 0. The third-order valence-corrected chi connectivity index (χ3v) is 8.85. The number of rotatable bonds is 2. The first-order valence-corrected chi connectivity index (χ1v) is 16.2. The number of para-hydroxylation sites is 3. The first-order chi connectivity index (χ1) is 23.8. The van der Waals surface area contributed by atoms with Gasteiger partial charge in [0.1, 0.15) is 0 Å². The van der Waals surface area contributed by atoms with Crippen LogP contribution in [0.1, 0.15) is 19.4 Å². The Labute approximate surface area is 280 Å². The zero-order valence-electron chi connectivity index (χ0n) is 27.0. The van der Waals surface area contributed by atoms with E-state index in [0.29, 0.717) is 0 Å².